The molecule has 0 aliphatic carbocycles. The molecule has 0 aliphatic heterocycles. The fourth-order valence-electron chi connectivity index (χ4n) is 3.07. The molecule has 3 aromatic carbocycles. The number of rotatable bonds is 7. The molecule has 12 heteroatoms. The predicted octanol–water partition coefficient (Wildman–Crippen LogP) is 4.99. The third kappa shape index (κ3) is 4.91. The van der Waals surface area contributed by atoms with Crippen LogP contribution in [-0.4, -0.2) is 31.3 Å². The van der Waals surface area contributed by atoms with Gasteiger partial charge in [0.25, 0.3) is 0 Å². The van der Waals surface area contributed by atoms with Crippen LogP contribution in [0.4, 0.5) is 24.5 Å². The Morgan fingerprint density at radius 2 is 1.76 bits per heavy atom. The summed E-state index contributed by atoms with van der Waals surface area (Å²) in [5.74, 6) is -3.13. The van der Waals surface area contributed by atoms with Crippen molar-refractivity contribution >= 4 is 29.0 Å². The van der Waals surface area contributed by atoms with Crippen LogP contribution in [0.1, 0.15) is 0 Å². The van der Waals surface area contributed by atoms with E-state index in [-0.39, 0.29) is 28.1 Å². The number of benzene rings is 3. The predicted molar refractivity (Wildman–Crippen MR) is 119 cm³/mol. The summed E-state index contributed by atoms with van der Waals surface area (Å²) in [6, 6.07) is 14.8. The van der Waals surface area contributed by atoms with Gasteiger partial charge in [0.1, 0.15) is 11.6 Å². The second kappa shape index (κ2) is 9.75. The Labute approximate surface area is 194 Å². The number of carbonyl (C=O) groups excluding carboxylic acids is 1. The van der Waals surface area contributed by atoms with Crippen molar-refractivity contribution < 1.29 is 22.9 Å². The minimum atomic E-state index is -1.03. The number of nitrogens with one attached hydrogen (secondary N) is 1. The zero-order valence-corrected chi connectivity index (χ0v) is 17.9. The molecule has 34 heavy (non-hydrogen) atoms. The normalized spacial score (nSPS) is 10.8. The van der Waals surface area contributed by atoms with Gasteiger partial charge >= 0.3 is 5.69 Å². The maximum atomic E-state index is 14.6. The number of hydrogen-bond acceptors (Lipinski definition) is 6. The molecule has 0 radical (unpaired) electrons. The lowest BCUT2D eigenvalue weighted by Gasteiger charge is -2.11. The first-order chi connectivity index (χ1) is 16.3. The number of nitro benzene ring substituents is 1. The van der Waals surface area contributed by atoms with Crippen LogP contribution in [0.25, 0.3) is 17.1 Å². The zero-order chi connectivity index (χ0) is 24.2. The maximum Gasteiger partial charge on any atom is 0.306 e. The van der Waals surface area contributed by atoms with Crippen molar-refractivity contribution in [1.82, 2.24) is 14.8 Å². The number of carbonyl (C=O) groups is 1. The minimum Gasteiger partial charge on any atom is -0.325 e. The Morgan fingerprint density at radius 1 is 1.00 bits per heavy atom. The Hall–Kier alpha value is -4.19. The van der Waals surface area contributed by atoms with Crippen LogP contribution in [0, 0.1) is 27.6 Å². The van der Waals surface area contributed by atoms with Crippen molar-refractivity contribution in [1.29, 1.82) is 0 Å². The van der Waals surface area contributed by atoms with Gasteiger partial charge in [-0.25, -0.2) is 8.78 Å². The van der Waals surface area contributed by atoms with E-state index in [4.69, 9.17) is 0 Å². The summed E-state index contributed by atoms with van der Waals surface area (Å²) < 4.78 is 43.0. The molecule has 172 valence electrons. The highest BCUT2D eigenvalue weighted by Gasteiger charge is 2.20. The largest absolute Gasteiger partial charge is 0.325 e. The van der Waals surface area contributed by atoms with E-state index in [0.29, 0.717) is 5.56 Å². The van der Waals surface area contributed by atoms with Crippen LogP contribution in [0.15, 0.2) is 71.9 Å². The van der Waals surface area contributed by atoms with Gasteiger partial charge in [-0.3, -0.25) is 19.5 Å². The monoisotopic (exact) mass is 485 g/mol. The number of thioether (sulfide) groups is 1. The van der Waals surface area contributed by atoms with E-state index in [9.17, 15) is 28.1 Å². The molecule has 1 aromatic heterocycles. The molecule has 0 spiro atoms. The Kier molecular flexibility index (Phi) is 6.59. The first-order valence-corrected chi connectivity index (χ1v) is 10.6. The van der Waals surface area contributed by atoms with Crippen molar-refractivity contribution in [2.45, 2.75) is 5.16 Å². The molecule has 0 fully saturated rings. The van der Waals surface area contributed by atoms with Gasteiger partial charge < -0.3 is 5.32 Å². The Morgan fingerprint density at radius 3 is 2.47 bits per heavy atom. The molecule has 8 nitrogen and oxygen atoms in total. The lowest BCUT2D eigenvalue weighted by atomic mass is 10.2. The molecular formula is C22H14F3N5O3S. The van der Waals surface area contributed by atoms with Gasteiger partial charge in [0.15, 0.2) is 11.0 Å². The molecule has 0 aliphatic rings. The van der Waals surface area contributed by atoms with Crippen molar-refractivity contribution in [3.05, 3.63) is 94.3 Å². The molecule has 0 saturated heterocycles. The standard InChI is InChI=1S/C22H14F3N5O3S/c23-14-6-9-18(17(25)10-14)29-21(13-4-2-1-3-5-13)27-28-22(29)34-12-20(31)26-15-7-8-16(24)19(11-15)30(32)33/h1-11H,12H2,(H,26,31). The van der Waals surface area contributed by atoms with Gasteiger partial charge in [-0.1, -0.05) is 42.1 Å². The van der Waals surface area contributed by atoms with E-state index in [1.807, 2.05) is 0 Å². The van der Waals surface area contributed by atoms with Gasteiger partial charge in [0.05, 0.1) is 16.4 Å². The van der Waals surface area contributed by atoms with Crippen LogP contribution >= 0.6 is 11.8 Å². The van der Waals surface area contributed by atoms with Gasteiger partial charge in [0.2, 0.25) is 11.7 Å². The summed E-state index contributed by atoms with van der Waals surface area (Å²) in [5.41, 5.74) is -0.129. The van der Waals surface area contributed by atoms with Gasteiger partial charge in [-0.15, -0.1) is 10.2 Å². The summed E-state index contributed by atoms with van der Waals surface area (Å²) in [5, 5.41) is 21.7. The van der Waals surface area contributed by atoms with Crippen LogP contribution in [0.2, 0.25) is 0 Å². The summed E-state index contributed by atoms with van der Waals surface area (Å²) in [6.45, 7) is 0. The number of hydrogen-bond donors (Lipinski definition) is 1. The highest BCUT2D eigenvalue weighted by atomic mass is 32.2. The maximum absolute atomic E-state index is 14.6. The molecule has 0 bridgehead atoms. The molecule has 0 unspecified atom stereocenters. The van der Waals surface area contributed by atoms with Crippen molar-refractivity contribution in [2.75, 3.05) is 11.1 Å². The van der Waals surface area contributed by atoms with E-state index in [1.165, 1.54) is 16.7 Å². The van der Waals surface area contributed by atoms with E-state index in [1.54, 1.807) is 30.3 Å². The molecule has 0 saturated carbocycles. The zero-order valence-electron chi connectivity index (χ0n) is 17.1. The lowest BCUT2D eigenvalue weighted by molar-refractivity contribution is -0.387. The second-order valence-corrected chi connectivity index (χ2v) is 7.81. The summed E-state index contributed by atoms with van der Waals surface area (Å²) in [4.78, 5) is 22.4. The Bertz CT molecular complexity index is 1380. The van der Waals surface area contributed by atoms with E-state index >= 15 is 0 Å². The second-order valence-electron chi connectivity index (χ2n) is 6.86. The van der Waals surface area contributed by atoms with E-state index in [0.717, 1.165) is 36.0 Å². The minimum absolute atomic E-state index is 0.0117. The number of halogens is 3. The number of amides is 1. The molecule has 1 amide bonds. The Balaban J connectivity index is 1.60. The third-order valence-corrected chi connectivity index (χ3v) is 5.50. The number of nitro groups is 1. The van der Waals surface area contributed by atoms with Crippen LogP contribution in [-0.2, 0) is 4.79 Å². The molecule has 4 aromatic rings. The number of anilines is 1. The van der Waals surface area contributed by atoms with Crippen molar-refractivity contribution in [3.8, 4) is 17.1 Å². The smallest absolute Gasteiger partial charge is 0.306 e. The summed E-state index contributed by atoms with van der Waals surface area (Å²) >= 11 is 0.920. The quantitative estimate of drug-likeness (QED) is 0.225. The molecule has 0 atom stereocenters. The average molecular weight is 485 g/mol. The third-order valence-electron chi connectivity index (χ3n) is 4.57. The molecular weight excluding hydrogens is 471 g/mol. The highest BCUT2D eigenvalue weighted by molar-refractivity contribution is 7.99. The lowest BCUT2D eigenvalue weighted by Crippen LogP contribution is -2.15. The summed E-state index contributed by atoms with van der Waals surface area (Å²) in [7, 11) is 0. The molecule has 1 N–H and O–H groups in total. The van der Waals surface area contributed by atoms with Crippen LogP contribution < -0.4 is 5.32 Å². The highest BCUT2D eigenvalue weighted by Crippen LogP contribution is 2.30. The summed E-state index contributed by atoms with van der Waals surface area (Å²) in [6.07, 6.45) is 0. The van der Waals surface area contributed by atoms with E-state index in [2.05, 4.69) is 15.5 Å². The first-order valence-electron chi connectivity index (χ1n) is 9.66. The van der Waals surface area contributed by atoms with Crippen molar-refractivity contribution in [2.24, 2.45) is 0 Å². The average Bonchev–Trinajstić information content (AvgIpc) is 3.23. The topological polar surface area (TPSA) is 103 Å². The molecule has 4 rings (SSSR count). The molecule has 1 heterocycles. The van der Waals surface area contributed by atoms with E-state index < -0.39 is 34.0 Å². The fourth-order valence-corrected chi connectivity index (χ4v) is 3.82. The van der Waals surface area contributed by atoms with Crippen LogP contribution in [0.5, 0.6) is 0 Å². The fraction of sp³-hybridized carbons (Fsp3) is 0.0455. The number of nitrogens with zero attached hydrogens (tertiary/aromatic N) is 4. The van der Waals surface area contributed by atoms with Crippen LogP contribution in [0.3, 0.4) is 0 Å². The van der Waals surface area contributed by atoms with Gasteiger partial charge in [0, 0.05) is 23.4 Å². The SMILES string of the molecule is O=C(CSc1nnc(-c2ccccc2)n1-c1ccc(F)cc1F)Nc1ccc(F)c([N+](=O)[O-])c1. The first kappa shape index (κ1) is 23.0. The number of aromatic nitrogens is 3. The van der Waals surface area contributed by atoms with Gasteiger partial charge in [-0.2, -0.15) is 4.39 Å². The van der Waals surface area contributed by atoms with Gasteiger partial charge in [-0.05, 0) is 24.3 Å². The van der Waals surface area contributed by atoms with Crippen molar-refractivity contribution in [3.63, 3.8) is 0 Å².